The number of nitrogens with one attached hydrogen (secondary N) is 1. The monoisotopic (exact) mass is 192 g/mol. The molecule has 0 amide bonds. The molecule has 1 atom stereocenters. The maximum Gasteiger partial charge on any atom is 0.154 e. The van der Waals surface area contributed by atoms with E-state index < -0.39 is 0 Å². The Hall–Kier alpha value is -1.71. The predicted molar refractivity (Wildman–Crippen MR) is 54.8 cm³/mol. The molecule has 0 fully saturated rings. The van der Waals surface area contributed by atoms with Crippen LogP contribution in [-0.2, 0) is 4.84 Å². The van der Waals surface area contributed by atoms with Gasteiger partial charge in [-0.05, 0) is 12.1 Å². The van der Waals surface area contributed by atoms with Crippen molar-refractivity contribution in [2.24, 2.45) is 5.16 Å². The van der Waals surface area contributed by atoms with E-state index in [1.54, 1.807) is 6.21 Å². The molecule has 0 saturated carbocycles. The molecule has 0 radical (unpaired) electrons. The average Bonchev–Trinajstić information content (AvgIpc) is 2.26. The fraction of sp³-hybridized carbons (Fsp3) is 0.300. The summed E-state index contributed by atoms with van der Waals surface area (Å²) in [7, 11) is 1.51. The smallest absolute Gasteiger partial charge is 0.154 e. The Kier molecular flexibility index (Phi) is 2.53. The molecule has 2 rings (SSSR count). The molecular weight excluding hydrogens is 180 g/mol. The van der Waals surface area contributed by atoms with Gasteiger partial charge in [0.1, 0.15) is 12.9 Å². The third kappa shape index (κ3) is 1.79. The summed E-state index contributed by atoms with van der Waals surface area (Å²) in [5.41, 5.74) is 1.02. The summed E-state index contributed by atoms with van der Waals surface area (Å²) in [6, 6.07) is 7.82. The number of hydrogen-bond acceptors (Lipinski definition) is 4. The number of fused-ring (bicyclic) bond motifs is 1. The summed E-state index contributed by atoms with van der Waals surface area (Å²) in [5.74, 6) is 0.853. The van der Waals surface area contributed by atoms with E-state index >= 15 is 0 Å². The van der Waals surface area contributed by atoms with Gasteiger partial charge in [-0.2, -0.15) is 0 Å². The van der Waals surface area contributed by atoms with E-state index in [1.807, 2.05) is 24.3 Å². The number of oxime groups is 1. The van der Waals surface area contributed by atoms with Gasteiger partial charge in [-0.15, -0.1) is 0 Å². The van der Waals surface area contributed by atoms with Gasteiger partial charge in [0.25, 0.3) is 0 Å². The van der Waals surface area contributed by atoms with Gasteiger partial charge in [0, 0.05) is 0 Å². The molecule has 1 aliphatic rings. The average molecular weight is 192 g/mol. The van der Waals surface area contributed by atoms with Gasteiger partial charge in [-0.25, -0.2) is 0 Å². The molecule has 0 bridgehead atoms. The number of anilines is 1. The van der Waals surface area contributed by atoms with Crippen molar-refractivity contribution < 1.29 is 9.57 Å². The maximum atomic E-state index is 5.64. The zero-order valence-corrected chi connectivity index (χ0v) is 7.93. The Morgan fingerprint density at radius 3 is 3.29 bits per heavy atom. The minimum absolute atomic E-state index is 0.0650. The standard InChI is InChI=1S/C10H12N2O2/c1-13-12-7-8-6-11-9-4-2-3-5-10(9)14-8/h2-5,7-8,11H,6H2,1H3/t8-/m0/s1. The van der Waals surface area contributed by atoms with Crippen molar-refractivity contribution in [3.8, 4) is 5.75 Å². The normalized spacial score (nSPS) is 19.6. The third-order valence-corrected chi connectivity index (χ3v) is 1.99. The number of rotatable bonds is 2. The summed E-state index contributed by atoms with van der Waals surface area (Å²) >= 11 is 0. The molecule has 1 N–H and O–H groups in total. The van der Waals surface area contributed by atoms with Gasteiger partial charge in [-0.3, -0.25) is 0 Å². The van der Waals surface area contributed by atoms with Crippen molar-refractivity contribution >= 4 is 11.9 Å². The van der Waals surface area contributed by atoms with Gasteiger partial charge in [0.15, 0.2) is 6.10 Å². The number of hydrogen-bond donors (Lipinski definition) is 1. The van der Waals surface area contributed by atoms with Gasteiger partial charge in [-0.1, -0.05) is 17.3 Å². The van der Waals surface area contributed by atoms with Crippen LogP contribution in [0.2, 0.25) is 0 Å². The van der Waals surface area contributed by atoms with Crippen molar-refractivity contribution in [1.82, 2.24) is 0 Å². The maximum absolute atomic E-state index is 5.64. The minimum atomic E-state index is -0.0650. The second kappa shape index (κ2) is 4.00. The molecule has 74 valence electrons. The first-order valence-electron chi connectivity index (χ1n) is 4.46. The second-order valence-electron chi connectivity index (χ2n) is 2.97. The molecule has 1 aliphatic heterocycles. The van der Waals surface area contributed by atoms with Crippen LogP contribution in [0.4, 0.5) is 5.69 Å². The Labute approximate surface area is 82.5 Å². The highest BCUT2D eigenvalue weighted by Gasteiger charge is 2.16. The lowest BCUT2D eigenvalue weighted by molar-refractivity contribution is 0.205. The molecule has 1 aromatic carbocycles. The zero-order chi connectivity index (χ0) is 9.80. The molecule has 1 aromatic rings. The van der Waals surface area contributed by atoms with Crippen molar-refractivity contribution in [3.63, 3.8) is 0 Å². The second-order valence-corrected chi connectivity index (χ2v) is 2.97. The molecule has 1 heterocycles. The summed E-state index contributed by atoms with van der Waals surface area (Å²) in [4.78, 5) is 4.59. The largest absolute Gasteiger partial charge is 0.481 e. The van der Waals surface area contributed by atoms with E-state index in [-0.39, 0.29) is 6.10 Å². The summed E-state index contributed by atoms with van der Waals surface area (Å²) in [5, 5.41) is 6.93. The van der Waals surface area contributed by atoms with Crippen LogP contribution in [0.25, 0.3) is 0 Å². The predicted octanol–water partition coefficient (Wildman–Crippen LogP) is 1.49. The van der Waals surface area contributed by atoms with Crippen LogP contribution in [0.15, 0.2) is 29.4 Å². The first-order valence-corrected chi connectivity index (χ1v) is 4.46. The lowest BCUT2D eigenvalue weighted by atomic mass is 10.2. The van der Waals surface area contributed by atoms with Crippen molar-refractivity contribution in [3.05, 3.63) is 24.3 Å². The fourth-order valence-electron chi connectivity index (χ4n) is 1.34. The van der Waals surface area contributed by atoms with E-state index in [2.05, 4.69) is 15.3 Å². The fourth-order valence-corrected chi connectivity index (χ4v) is 1.34. The number of benzene rings is 1. The topological polar surface area (TPSA) is 42.8 Å². The Bertz CT molecular complexity index is 339. The first kappa shape index (κ1) is 8.87. The van der Waals surface area contributed by atoms with E-state index in [0.29, 0.717) is 6.54 Å². The molecule has 4 heteroatoms. The molecular formula is C10H12N2O2. The van der Waals surface area contributed by atoms with Gasteiger partial charge >= 0.3 is 0 Å². The summed E-state index contributed by atoms with van der Waals surface area (Å²) < 4.78 is 5.64. The van der Waals surface area contributed by atoms with Crippen LogP contribution in [0.3, 0.4) is 0 Å². The zero-order valence-electron chi connectivity index (χ0n) is 7.93. The number of para-hydroxylation sites is 2. The SMILES string of the molecule is CON=C[C@@H]1CNc2ccccc2O1. The van der Waals surface area contributed by atoms with Crippen LogP contribution in [-0.4, -0.2) is 26.0 Å². The molecule has 0 aromatic heterocycles. The molecule has 0 spiro atoms. The van der Waals surface area contributed by atoms with Gasteiger partial charge in [0.2, 0.25) is 0 Å². The Balaban J connectivity index is 2.09. The Morgan fingerprint density at radius 1 is 1.57 bits per heavy atom. The highest BCUT2D eigenvalue weighted by Crippen LogP contribution is 2.27. The van der Waals surface area contributed by atoms with Crippen LogP contribution < -0.4 is 10.1 Å². The van der Waals surface area contributed by atoms with Gasteiger partial charge in [0.05, 0.1) is 18.4 Å². The van der Waals surface area contributed by atoms with E-state index in [9.17, 15) is 0 Å². The van der Waals surface area contributed by atoms with Crippen molar-refractivity contribution in [1.29, 1.82) is 0 Å². The van der Waals surface area contributed by atoms with E-state index in [1.165, 1.54) is 7.11 Å². The molecule has 0 aliphatic carbocycles. The molecule has 0 unspecified atom stereocenters. The highest BCUT2D eigenvalue weighted by molar-refractivity contribution is 5.68. The lowest BCUT2D eigenvalue weighted by Crippen LogP contribution is -2.31. The van der Waals surface area contributed by atoms with Crippen LogP contribution in [0.5, 0.6) is 5.75 Å². The van der Waals surface area contributed by atoms with Crippen LogP contribution in [0, 0.1) is 0 Å². The van der Waals surface area contributed by atoms with Crippen molar-refractivity contribution in [2.45, 2.75) is 6.10 Å². The minimum Gasteiger partial charge on any atom is -0.481 e. The third-order valence-electron chi connectivity index (χ3n) is 1.99. The molecule has 14 heavy (non-hydrogen) atoms. The molecule has 0 saturated heterocycles. The van der Waals surface area contributed by atoms with E-state index in [0.717, 1.165) is 11.4 Å². The summed E-state index contributed by atoms with van der Waals surface area (Å²) in [6.45, 7) is 0.712. The van der Waals surface area contributed by atoms with Crippen LogP contribution >= 0.6 is 0 Å². The highest BCUT2D eigenvalue weighted by atomic mass is 16.6. The molecule has 4 nitrogen and oxygen atoms in total. The van der Waals surface area contributed by atoms with Crippen LogP contribution in [0.1, 0.15) is 0 Å². The lowest BCUT2D eigenvalue weighted by Gasteiger charge is -2.24. The quantitative estimate of drug-likeness (QED) is 0.570. The van der Waals surface area contributed by atoms with Gasteiger partial charge < -0.3 is 14.9 Å². The van der Waals surface area contributed by atoms with Crippen molar-refractivity contribution in [2.75, 3.05) is 19.0 Å². The Morgan fingerprint density at radius 2 is 2.43 bits per heavy atom. The first-order chi connectivity index (χ1) is 6.90. The summed E-state index contributed by atoms with van der Waals surface area (Å²) in [6.07, 6.45) is 1.58. The number of ether oxygens (including phenoxy) is 1. The van der Waals surface area contributed by atoms with E-state index in [4.69, 9.17) is 4.74 Å². The number of nitrogens with zero attached hydrogens (tertiary/aromatic N) is 1.